The topological polar surface area (TPSA) is 29.5 Å². The molecule has 0 bridgehead atoms. The van der Waals surface area contributed by atoms with Crippen LogP contribution in [0.15, 0.2) is 89.4 Å². The summed E-state index contributed by atoms with van der Waals surface area (Å²) in [6.07, 6.45) is 17.0. The van der Waals surface area contributed by atoms with E-state index in [-0.39, 0.29) is 23.4 Å². The molecule has 0 saturated carbocycles. The Kier molecular flexibility index (Phi) is 8.60. The highest BCUT2D eigenvalue weighted by Crippen LogP contribution is 2.34. The van der Waals surface area contributed by atoms with Gasteiger partial charge in [-0.2, -0.15) is 0 Å². The van der Waals surface area contributed by atoms with Crippen LogP contribution in [0.1, 0.15) is 64.5 Å². The minimum atomic E-state index is -0.113. The SMILES string of the molecule is CC(C)(C)C1C=CC(C(=O)CCCN2CCC(OC(C3=C=C=CC=C3)c3ccccc3)CC2)=CC1. The van der Waals surface area contributed by atoms with Crippen LogP contribution in [0.2, 0.25) is 0 Å². The zero-order chi connectivity index (χ0) is 24.7. The summed E-state index contributed by atoms with van der Waals surface area (Å²) in [4.78, 5) is 15.2. The minimum absolute atomic E-state index is 0.113. The summed E-state index contributed by atoms with van der Waals surface area (Å²) in [5, 5.41) is 0. The monoisotopic (exact) mass is 469 g/mol. The maximum Gasteiger partial charge on any atom is 0.162 e. The van der Waals surface area contributed by atoms with E-state index in [0.29, 0.717) is 12.3 Å². The first-order valence-corrected chi connectivity index (χ1v) is 13.1. The zero-order valence-electron chi connectivity index (χ0n) is 21.5. The maximum absolute atomic E-state index is 12.7. The number of hydrogen-bond donors (Lipinski definition) is 0. The van der Waals surface area contributed by atoms with E-state index >= 15 is 0 Å². The Morgan fingerprint density at radius 2 is 1.91 bits per heavy atom. The van der Waals surface area contributed by atoms with Crippen molar-refractivity contribution in [3.63, 3.8) is 0 Å². The molecule has 2 unspecified atom stereocenters. The fourth-order valence-electron chi connectivity index (χ4n) is 5.02. The number of allylic oxidation sites excluding steroid dienone is 6. The molecule has 3 aliphatic rings. The number of nitrogens with zero attached hydrogens (tertiary/aromatic N) is 1. The van der Waals surface area contributed by atoms with E-state index in [9.17, 15) is 4.79 Å². The number of carbonyl (C=O) groups excluding carboxylic acids is 1. The predicted octanol–water partition coefficient (Wildman–Crippen LogP) is 6.91. The van der Waals surface area contributed by atoms with Crippen molar-refractivity contribution in [3.05, 3.63) is 95.0 Å². The lowest BCUT2D eigenvalue weighted by atomic mass is 9.76. The molecular formula is C32H39NO2. The van der Waals surface area contributed by atoms with E-state index in [1.54, 1.807) is 0 Å². The van der Waals surface area contributed by atoms with Crippen LogP contribution in [-0.2, 0) is 9.53 Å². The van der Waals surface area contributed by atoms with E-state index in [4.69, 9.17) is 4.74 Å². The van der Waals surface area contributed by atoms with Crippen LogP contribution in [0, 0.1) is 11.3 Å². The van der Waals surface area contributed by atoms with Crippen LogP contribution in [0.25, 0.3) is 0 Å². The molecule has 1 aromatic rings. The second-order valence-corrected chi connectivity index (χ2v) is 11.0. The molecular weight excluding hydrogens is 430 g/mol. The van der Waals surface area contributed by atoms with Crippen molar-refractivity contribution in [1.82, 2.24) is 4.90 Å². The van der Waals surface area contributed by atoms with Crippen LogP contribution >= 0.6 is 0 Å². The maximum atomic E-state index is 12.7. The summed E-state index contributed by atoms with van der Waals surface area (Å²) >= 11 is 0. The number of rotatable bonds is 9. The van der Waals surface area contributed by atoms with Gasteiger partial charge < -0.3 is 9.64 Å². The first-order chi connectivity index (χ1) is 16.9. The number of benzene rings is 1. The van der Waals surface area contributed by atoms with Crippen molar-refractivity contribution in [2.24, 2.45) is 11.3 Å². The van der Waals surface area contributed by atoms with Gasteiger partial charge in [-0.3, -0.25) is 4.79 Å². The molecule has 0 aromatic heterocycles. The molecule has 0 spiro atoms. The van der Waals surface area contributed by atoms with Gasteiger partial charge in [0.1, 0.15) is 6.10 Å². The molecule has 1 fully saturated rings. The van der Waals surface area contributed by atoms with Gasteiger partial charge in [-0.1, -0.05) is 86.9 Å². The highest BCUT2D eigenvalue weighted by molar-refractivity contribution is 5.98. The zero-order valence-corrected chi connectivity index (χ0v) is 21.5. The van der Waals surface area contributed by atoms with Crippen molar-refractivity contribution in [3.8, 4) is 0 Å². The quantitative estimate of drug-likeness (QED) is 0.368. The third-order valence-electron chi connectivity index (χ3n) is 7.33. The first kappa shape index (κ1) is 25.4. The molecule has 0 N–H and O–H groups in total. The average Bonchev–Trinajstić information content (AvgIpc) is 2.88. The van der Waals surface area contributed by atoms with Gasteiger partial charge in [0.25, 0.3) is 0 Å². The molecule has 3 nitrogen and oxygen atoms in total. The molecule has 0 amide bonds. The van der Waals surface area contributed by atoms with Gasteiger partial charge in [0.2, 0.25) is 0 Å². The van der Waals surface area contributed by atoms with Crippen LogP contribution in [0.3, 0.4) is 0 Å². The molecule has 1 aromatic carbocycles. The Balaban J connectivity index is 1.22. The normalized spacial score (nSPS) is 21.6. The number of hydrogen-bond acceptors (Lipinski definition) is 3. The summed E-state index contributed by atoms with van der Waals surface area (Å²) in [6, 6.07) is 10.4. The fourth-order valence-corrected chi connectivity index (χ4v) is 5.02. The van der Waals surface area contributed by atoms with E-state index in [1.807, 2.05) is 18.2 Å². The van der Waals surface area contributed by atoms with Crippen LogP contribution in [0.4, 0.5) is 0 Å². The lowest BCUT2D eigenvalue weighted by Crippen LogP contribution is -2.38. The van der Waals surface area contributed by atoms with Gasteiger partial charge in [-0.05, 0) is 61.3 Å². The average molecular weight is 470 g/mol. The molecule has 1 saturated heterocycles. The Morgan fingerprint density at radius 1 is 1.14 bits per heavy atom. The number of ketones is 1. The fraction of sp³-hybridized carbons (Fsp3) is 0.469. The molecule has 1 aliphatic heterocycles. The predicted molar refractivity (Wildman–Crippen MR) is 143 cm³/mol. The van der Waals surface area contributed by atoms with Crippen molar-refractivity contribution in [2.75, 3.05) is 19.6 Å². The third-order valence-corrected chi connectivity index (χ3v) is 7.33. The second-order valence-electron chi connectivity index (χ2n) is 11.0. The number of ether oxygens (including phenoxy) is 1. The molecule has 2 aliphatic carbocycles. The van der Waals surface area contributed by atoms with Crippen LogP contribution in [0.5, 0.6) is 0 Å². The molecule has 184 valence electrons. The smallest absolute Gasteiger partial charge is 0.162 e. The van der Waals surface area contributed by atoms with E-state index in [2.05, 4.69) is 85.7 Å². The van der Waals surface area contributed by atoms with Crippen molar-refractivity contribution in [2.45, 2.75) is 65.1 Å². The highest BCUT2D eigenvalue weighted by Gasteiger charge is 2.26. The lowest BCUT2D eigenvalue weighted by Gasteiger charge is -2.34. The van der Waals surface area contributed by atoms with Crippen LogP contribution in [-0.4, -0.2) is 36.4 Å². The Labute approximate surface area is 211 Å². The number of carbonyl (C=O) groups is 1. The molecule has 0 radical (unpaired) electrons. The summed E-state index contributed by atoms with van der Waals surface area (Å²) in [7, 11) is 0. The Hall–Kier alpha value is -2.67. The summed E-state index contributed by atoms with van der Waals surface area (Å²) in [6.45, 7) is 9.79. The minimum Gasteiger partial charge on any atom is -0.365 e. The highest BCUT2D eigenvalue weighted by atomic mass is 16.5. The third kappa shape index (κ3) is 7.17. The van der Waals surface area contributed by atoms with Crippen molar-refractivity contribution < 1.29 is 9.53 Å². The largest absolute Gasteiger partial charge is 0.365 e. The van der Waals surface area contributed by atoms with E-state index in [0.717, 1.165) is 62.0 Å². The van der Waals surface area contributed by atoms with E-state index < -0.39 is 0 Å². The molecule has 3 heteroatoms. The van der Waals surface area contributed by atoms with Gasteiger partial charge in [-0.15, -0.1) is 0 Å². The molecule has 4 rings (SSSR count). The van der Waals surface area contributed by atoms with E-state index in [1.165, 1.54) is 0 Å². The summed E-state index contributed by atoms with van der Waals surface area (Å²) in [5.74, 6) is 0.801. The molecule has 2 atom stereocenters. The van der Waals surface area contributed by atoms with Gasteiger partial charge in [-0.25, -0.2) is 0 Å². The first-order valence-electron chi connectivity index (χ1n) is 13.1. The summed E-state index contributed by atoms with van der Waals surface area (Å²) < 4.78 is 6.62. The molecule has 1 heterocycles. The second kappa shape index (κ2) is 11.8. The van der Waals surface area contributed by atoms with Gasteiger partial charge in [0, 0.05) is 30.7 Å². The number of Topliss-reactive ketones (excluding diaryl/α,β-unsaturated/α-hetero) is 1. The Bertz CT molecular complexity index is 1060. The van der Waals surface area contributed by atoms with Crippen LogP contribution < -0.4 is 0 Å². The van der Waals surface area contributed by atoms with Crippen molar-refractivity contribution in [1.29, 1.82) is 0 Å². The van der Waals surface area contributed by atoms with Gasteiger partial charge in [0.05, 0.1) is 6.10 Å². The summed E-state index contributed by atoms with van der Waals surface area (Å²) in [5.41, 5.74) is 9.64. The lowest BCUT2D eigenvalue weighted by molar-refractivity contribution is -0.115. The number of piperidine rings is 1. The Morgan fingerprint density at radius 3 is 2.54 bits per heavy atom. The number of likely N-dealkylation sites (tertiary alicyclic amines) is 1. The standard InChI is InChI=1S/C32H39NO2/c1-32(2,3)28-18-16-25(17-19-28)30(34)15-10-22-33-23-20-29(21-24-33)35-31(26-11-6-4-7-12-26)27-13-8-5-9-14-27/h4-8,11-13,16-18,28-29,31H,10,15,19-24H2,1-3H3. The van der Waals surface area contributed by atoms with Gasteiger partial charge >= 0.3 is 0 Å². The van der Waals surface area contributed by atoms with Gasteiger partial charge in [0.15, 0.2) is 5.78 Å². The molecule has 35 heavy (non-hydrogen) atoms. The van der Waals surface area contributed by atoms with Crippen molar-refractivity contribution >= 4 is 5.78 Å².